The molecule has 0 radical (unpaired) electrons. The van der Waals surface area contributed by atoms with E-state index in [1.807, 2.05) is 53.1 Å². The Morgan fingerprint density at radius 1 is 1.13 bits per heavy atom. The zero-order valence-corrected chi connectivity index (χ0v) is 18.8. The molecule has 1 heterocycles. The van der Waals surface area contributed by atoms with Crippen LogP contribution >= 0.6 is 11.8 Å². The molecular formula is C24H26N4O2S. The number of aromatic nitrogens is 3. The summed E-state index contributed by atoms with van der Waals surface area (Å²) in [7, 11) is 0. The molecule has 0 aliphatic heterocycles. The van der Waals surface area contributed by atoms with Crippen LogP contribution in [0.3, 0.4) is 0 Å². The maximum absolute atomic E-state index is 12.7. The molecular weight excluding hydrogens is 408 g/mol. The van der Waals surface area contributed by atoms with Gasteiger partial charge in [0.2, 0.25) is 5.91 Å². The van der Waals surface area contributed by atoms with Gasteiger partial charge in [0.1, 0.15) is 5.82 Å². The summed E-state index contributed by atoms with van der Waals surface area (Å²) < 4.78 is 2.02. The lowest BCUT2D eigenvalue weighted by Crippen LogP contribution is -2.08. The van der Waals surface area contributed by atoms with Gasteiger partial charge in [-0.15, -0.1) is 10.2 Å². The zero-order chi connectivity index (χ0) is 22.0. The lowest BCUT2D eigenvalue weighted by molar-refractivity contribution is -0.114. The topological polar surface area (TPSA) is 76.9 Å². The lowest BCUT2D eigenvalue weighted by atomic mass is 10.0. The summed E-state index contributed by atoms with van der Waals surface area (Å²) in [5.74, 6) is 1.98. The van der Waals surface area contributed by atoms with Crippen LogP contribution in [-0.4, -0.2) is 32.2 Å². The van der Waals surface area contributed by atoms with Crippen LogP contribution in [0.2, 0.25) is 0 Å². The van der Waals surface area contributed by atoms with Crippen molar-refractivity contribution in [3.05, 3.63) is 65.5 Å². The van der Waals surface area contributed by atoms with Gasteiger partial charge in [0.25, 0.3) is 0 Å². The highest BCUT2D eigenvalue weighted by Gasteiger charge is 2.31. The molecule has 0 atom stereocenters. The van der Waals surface area contributed by atoms with Gasteiger partial charge in [0, 0.05) is 24.1 Å². The first-order valence-corrected chi connectivity index (χ1v) is 11.5. The first kappa shape index (κ1) is 21.3. The fraction of sp³-hybridized carbons (Fsp3) is 0.333. The second kappa shape index (κ2) is 9.06. The standard InChI is InChI=1S/C24H26N4O2S/c1-15(2)17-7-9-18(10-8-17)22(30)14-31-24-27-26-23(19-11-12-19)28(24)21-6-4-5-20(13-21)25-16(3)29/h4-10,13,15,19H,11-12,14H2,1-3H3,(H,25,29). The Hall–Kier alpha value is -2.93. The Bertz CT molecular complexity index is 1100. The van der Waals surface area contributed by atoms with Crippen molar-refractivity contribution in [1.82, 2.24) is 14.8 Å². The smallest absolute Gasteiger partial charge is 0.221 e. The quantitative estimate of drug-likeness (QED) is 0.389. The molecule has 31 heavy (non-hydrogen) atoms. The van der Waals surface area contributed by atoms with E-state index in [0.29, 0.717) is 22.6 Å². The largest absolute Gasteiger partial charge is 0.326 e. The number of nitrogens with one attached hydrogen (secondary N) is 1. The first-order chi connectivity index (χ1) is 14.9. The van der Waals surface area contributed by atoms with Gasteiger partial charge in [-0.2, -0.15) is 0 Å². The van der Waals surface area contributed by atoms with Crippen LogP contribution < -0.4 is 5.32 Å². The van der Waals surface area contributed by atoms with E-state index in [1.54, 1.807) is 0 Å². The van der Waals surface area contributed by atoms with Crippen molar-refractivity contribution in [2.45, 2.75) is 50.6 Å². The molecule has 1 amide bonds. The van der Waals surface area contributed by atoms with Crippen molar-refractivity contribution < 1.29 is 9.59 Å². The van der Waals surface area contributed by atoms with Crippen LogP contribution in [0.15, 0.2) is 53.7 Å². The highest BCUT2D eigenvalue weighted by atomic mass is 32.2. The number of benzene rings is 2. The molecule has 0 spiro atoms. The third-order valence-corrected chi connectivity index (χ3v) is 6.19. The van der Waals surface area contributed by atoms with E-state index in [0.717, 1.165) is 30.0 Å². The Labute approximate surface area is 186 Å². The van der Waals surface area contributed by atoms with Crippen molar-refractivity contribution in [1.29, 1.82) is 0 Å². The Kier molecular flexibility index (Phi) is 6.23. The number of thioether (sulfide) groups is 1. The molecule has 1 saturated carbocycles. The summed E-state index contributed by atoms with van der Waals surface area (Å²) in [6, 6.07) is 15.5. The fourth-order valence-corrected chi connectivity index (χ4v) is 4.27. The van der Waals surface area contributed by atoms with Crippen molar-refractivity contribution >= 4 is 29.1 Å². The average Bonchev–Trinajstić information content (AvgIpc) is 3.51. The molecule has 3 aromatic rings. The van der Waals surface area contributed by atoms with E-state index in [2.05, 4.69) is 29.4 Å². The molecule has 1 aliphatic rings. The van der Waals surface area contributed by atoms with Gasteiger partial charge in [-0.1, -0.05) is 55.9 Å². The molecule has 160 valence electrons. The van der Waals surface area contributed by atoms with Crippen molar-refractivity contribution in [2.75, 3.05) is 11.1 Å². The van der Waals surface area contributed by atoms with E-state index < -0.39 is 0 Å². The second-order valence-electron chi connectivity index (χ2n) is 8.17. The van der Waals surface area contributed by atoms with Crippen LogP contribution in [0.4, 0.5) is 5.69 Å². The van der Waals surface area contributed by atoms with E-state index in [4.69, 9.17) is 0 Å². The molecule has 7 heteroatoms. The third-order valence-electron chi connectivity index (χ3n) is 5.26. The van der Waals surface area contributed by atoms with Gasteiger partial charge in [0.05, 0.1) is 11.4 Å². The second-order valence-corrected chi connectivity index (χ2v) is 9.11. The number of nitrogens with zero attached hydrogens (tertiary/aromatic N) is 3. The number of carbonyl (C=O) groups excluding carboxylic acids is 2. The van der Waals surface area contributed by atoms with E-state index in [9.17, 15) is 9.59 Å². The highest BCUT2D eigenvalue weighted by Crippen LogP contribution is 2.41. The molecule has 1 fully saturated rings. The number of Topliss-reactive ketones (excluding diaryl/α,β-unsaturated/α-hetero) is 1. The van der Waals surface area contributed by atoms with E-state index in [1.165, 1.54) is 24.2 Å². The van der Waals surface area contributed by atoms with Gasteiger partial charge < -0.3 is 5.32 Å². The maximum atomic E-state index is 12.7. The predicted octanol–water partition coefficient (Wildman–Crippen LogP) is 5.20. The number of anilines is 1. The number of ketones is 1. The average molecular weight is 435 g/mol. The van der Waals surface area contributed by atoms with Crippen LogP contribution in [0.5, 0.6) is 0 Å². The molecule has 4 rings (SSSR count). The maximum Gasteiger partial charge on any atom is 0.221 e. The Morgan fingerprint density at radius 3 is 2.52 bits per heavy atom. The highest BCUT2D eigenvalue weighted by molar-refractivity contribution is 7.99. The summed E-state index contributed by atoms with van der Waals surface area (Å²) in [5.41, 5.74) is 3.53. The Morgan fingerprint density at radius 2 is 1.87 bits per heavy atom. The predicted molar refractivity (Wildman–Crippen MR) is 123 cm³/mol. The van der Waals surface area contributed by atoms with Crippen LogP contribution in [-0.2, 0) is 4.79 Å². The lowest BCUT2D eigenvalue weighted by Gasteiger charge is -2.12. The summed E-state index contributed by atoms with van der Waals surface area (Å²) >= 11 is 1.39. The third kappa shape index (κ3) is 5.05. The minimum Gasteiger partial charge on any atom is -0.326 e. The molecule has 1 aliphatic carbocycles. The number of rotatable bonds is 8. The number of hydrogen-bond donors (Lipinski definition) is 1. The molecule has 0 saturated heterocycles. The van der Waals surface area contributed by atoms with Crippen molar-refractivity contribution in [2.24, 2.45) is 0 Å². The molecule has 0 unspecified atom stereocenters. The first-order valence-electron chi connectivity index (χ1n) is 10.5. The molecule has 1 N–H and O–H groups in total. The molecule has 1 aromatic heterocycles. The fourth-order valence-electron chi connectivity index (χ4n) is 3.42. The van der Waals surface area contributed by atoms with Crippen LogP contribution in [0.1, 0.15) is 67.2 Å². The number of hydrogen-bond acceptors (Lipinski definition) is 5. The van der Waals surface area contributed by atoms with Crippen LogP contribution in [0.25, 0.3) is 5.69 Å². The molecule has 6 nitrogen and oxygen atoms in total. The number of carbonyl (C=O) groups is 2. The SMILES string of the molecule is CC(=O)Nc1cccc(-n2c(SCC(=O)c3ccc(C(C)C)cc3)nnc2C2CC2)c1. The van der Waals surface area contributed by atoms with Gasteiger partial charge in [-0.25, -0.2) is 0 Å². The summed E-state index contributed by atoms with van der Waals surface area (Å²) in [4.78, 5) is 24.2. The molecule has 0 bridgehead atoms. The van der Waals surface area contributed by atoms with Gasteiger partial charge in [-0.3, -0.25) is 14.2 Å². The molecule has 2 aromatic carbocycles. The number of amides is 1. The van der Waals surface area contributed by atoms with Gasteiger partial charge >= 0.3 is 0 Å². The Balaban J connectivity index is 1.55. The summed E-state index contributed by atoms with van der Waals surface area (Å²) in [6.07, 6.45) is 2.19. The summed E-state index contributed by atoms with van der Waals surface area (Å²) in [5, 5.41) is 12.3. The van der Waals surface area contributed by atoms with E-state index in [-0.39, 0.29) is 17.4 Å². The minimum absolute atomic E-state index is 0.0647. The minimum atomic E-state index is -0.119. The summed E-state index contributed by atoms with van der Waals surface area (Å²) in [6.45, 7) is 5.76. The monoisotopic (exact) mass is 434 g/mol. The van der Waals surface area contributed by atoms with Gasteiger partial charge in [-0.05, 0) is 42.5 Å². The van der Waals surface area contributed by atoms with Gasteiger partial charge in [0.15, 0.2) is 10.9 Å². The van der Waals surface area contributed by atoms with Crippen molar-refractivity contribution in [3.8, 4) is 5.69 Å². The van der Waals surface area contributed by atoms with Crippen molar-refractivity contribution in [3.63, 3.8) is 0 Å². The van der Waals surface area contributed by atoms with E-state index >= 15 is 0 Å². The zero-order valence-electron chi connectivity index (χ0n) is 18.0. The normalized spacial score (nSPS) is 13.4. The van der Waals surface area contributed by atoms with Crippen LogP contribution in [0, 0.1) is 0 Å².